The van der Waals surface area contributed by atoms with Crippen LogP contribution in [-0.4, -0.2) is 22.5 Å². The van der Waals surface area contributed by atoms with Gasteiger partial charge in [-0.3, -0.25) is 9.69 Å². The van der Waals surface area contributed by atoms with Gasteiger partial charge in [0.15, 0.2) is 5.17 Å². The maximum absolute atomic E-state index is 12.6. The Balaban J connectivity index is 1.94. The molecule has 1 saturated heterocycles. The third kappa shape index (κ3) is 3.55. The van der Waals surface area contributed by atoms with Gasteiger partial charge in [0.05, 0.1) is 10.6 Å². The molecule has 0 spiro atoms. The van der Waals surface area contributed by atoms with Crippen LogP contribution in [-0.2, 0) is 4.79 Å². The topological polar surface area (TPSA) is 32.7 Å². The van der Waals surface area contributed by atoms with Crippen molar-refractivity contribution in [1.29, 1.82) is 0 Å². The Labute approximate surface area is 151 Å². The molecule has 1 aliphatic heterocycles. The fourth-order valence-corrected chi connectivity index (χ4v) is 3.55. The molecule has 0 radical (unpaired) electrons. The number of hydrogen-bond donors (Lipinski definition) is 0. The van der Waals surface area contributed by atoms with E-state index in [1.54, 1.807) is 4.90 Å². The Morgan fingerprint density at radius 3 is 2.54 bits per heavy atom. The Hall–Kier alpha value is -2.04. The predicted molar refractivity (Wildman–Crippen MR) is 103 cm³/mol. The second-order valence-corrected chi connectivity index (χ2v) is 6.84. The van der Waals surface area contributed by atoms with Gasteiger partial charge in [-0.25, -0.2) is 4.99 Å². The quantitative estimate of drug-likeness (QED) is 0.701. The van der Waals surface area contributed by atoms with Crippen LogP contribution < -0.4 is 0 Å². The first kappa shape index (κ1) is 16.8. The highest BCUT2D eigenvalue weighted by molar-refractivity contribution is 8.18. The number of amidine groups is 1. The summed E-state index contributed by atoms with van der Waals surface area (Å²) in [5, 5.41) is 1.40. The maximum atomic E-state index is 12.6. The number of nitrogens with zero attached hydrogens (tertiary/aromatic N) is 2. The van der Waals surface area contributed by atoms with Crippen LogP contribution in [0.1, 0.15) is 18.1 Å². The van der Waals surface area contributed by atoms with Crippen LogP contribution in [0.4, 0.5) is 5.69 Å². The zero-order chi connectivity index (χ0) is 17.1. The molecule has 1 aliphatic rings. The standard InChI is InChI=1S/C19H17ClN2OS/c1-3-22-18(23)17(12-14-8-10-15(20)11-9-14)24-19(22)21-16-7-5-4-6-13(16)2/h4-12H,3H2,1-2H3/b17-12+,21-19?. The third-order valence-corrected chi connectivity index (χ3v) is 4.96. The Kier molecular flexibility index (Phi) is 5.07. The molecule has 0 bridgehead atoms. The molecule has 0 aliphatic carbocycles. The summed E-state index contributed by atoms with van der Waals surface area (Å²) in [6.45, 7) is 4.56. The Morgan fingerprint density at radius 2 is 1.88 bits per heavy atom. The molecule has 24 heavy (non-hydrogen) atoms. The monoisotopic (exact) mass is 356 g/mol. The molecular formula is C19H17ClN2OS. The van der Waals surface area contributed by atoms with E-state index in [4.69, 9.17) is 11.6 Å². The van der Waals surface area contributed by atoms with Crippen molar-refractivity contribution in [3.63, 3.8) is 0 Å². The molecule has 3 rings (SSSR count). The molecule has 1 amide bonds. The average molecular weight is 357 g/mol. The van der Waals surface area contributed by atoms with Gasteiger partial charge in [0, 0.05) is 11.6 Å². The van der Waals surface area contributed by atoms with Crippen LogP contribution in [0.15, 0.2) is 58.4 Å². The number of halogens is 1. The molecule has 2 aromatic carbocycles. The molecule has 0 atom stereocenters. The minimum atomic E-state index is -0.00946. The number of carbonyl (C=O) groups excluding carboxylic acids is 1. The highest BCUT2D eigenvalue weighted by Gasteiger charge is 2.32. The van der Waals surface area contributed by atoms with E-state index in [1.807, 2.05) is 68.5 Å². The van der Waals surface area contributed by atoms with E-state index in [-0.39, 0.29) is 5.91 Å². The fourth-order valence-electron chi connectivity index (χ4n) is 2.37. The number of rotatable bonds is 3. The highest BCUT2D eigenvalue weighted by atomic mass is 35.5. The van der Waals surface area contributed by atoms with Gasteiger partial charge in [0.2, 0.25) is 0 Å². The lowest BCUT2D eigenvalue weighted by Gasteiger charge is -2.12. The zero-order valence-corrected chi connectivity index (χ0v) is 15.1. The lowest BCUT2D eigenvalue weighted by Crippen LogP contribution is -2.28. The van der Waals surface area contributed by atoms with Crippen LogP contribution in [0, 0.1) is 6.92 Å². The fraction of sp³-hybridized carbons (Fsp3) is 0.158. The van der Waals surface area contributed by atoms with Gasteiger partial charge in [-0.15, -0.1) is 0 Å². The summed E-state index contributed by atoms with van der Waals surface area (Å²) >= 11 is 7.32. The normalized spacial score (nSPS) is 18.0. The first-order chi connectivity index (χ1) is 11.6. The van der Waals surface area contributed by atoms with E-state index in [0.717, 1.165) is 22.0 Å². The number of amides is 1. The number of thioether (sulfide) groups is 1. The van der Waals surface area contributed by atoms with Crippen LogP contribution >= 0.6 is 23.4 Å². The molecule has 2 aromatic rings. The van der Waals surface area contributed by atoms with Gasteiger partial charge in [-0.1, -0.05) is 41.9 Å². The van der Waals surface area contributed by atoms with Gasteiger partial charge >= 0.3 is 0 Å². The second kappa shape index (κ2) is 7.24. The summed E-state index contributed by atoms with van der Waals surface area (Å²) in [6.07, 6.45) is 1.88. The van der Waals surface area contributed by atoms with Crippen molar-refractivity contribution in [2.24, 2.45) is 4.99 Å². The minimum Gasteiger partial charge on any atom is -0.287 e. The van der Waals surface area contributed by atoms with Crippen LogP contribution in [0.25, 0.3) is 6.08 Å². The SMILES string of the molecule is CCN1C(=O)/C(=C\c2ccc(Cl)cc2)SC1=Nc1ccccc1C. The van der Waals surface area contributed by atoms with E-state index in [1.165, 1.54) is 11.8 Å². The number of benzene rings is 2. The summed E-state index contributed by atoms with van der Waals surface area (Å²) in [5.74, 6) is -0.00946. The number of hydrogen-bond acceptors (Lipinski definition) is 3. The molecule has 5 heteroatoms. The summed E-state index contributed by atoms with van der Waals surface area (Å²) in [5.41, 5.74) is 2.92. The Bertz CT molecular complexity index is 828. The van der Waals surface area contributed by atoms with Crippen LogP contribution in [0.5, 0.6) is 0 Å². The first-order valence-corrected chi connectivity index (χ1v) is 8.89. The average Bonchev–Trinajstić information content (AvgIpc) is 2.87. The smallest absolute Gasteiger partial charge is 0.266 e. The van der Waals surface area contributed by atoms with Crippen molar-refractivity contribution < 1.29 is 4.79 Å². The number of para-hydroxylation sites is 1. The molecule has 122 valence electrons. The first-order valence-electron chi connectivity index (χ1n) is 7.70. The van der Waals surface area contributed by atoms with Crippen molar-refractivity contribution in [2.45, 2.75) is 13.8 Å². The van der Waals surface area contributed by atoms with Gasteiger partial charge in [-0.05, 0) is 61.0 Å². The lowest BCUT2D eigenvalue weighted by atomic mass is 10.2. The van der Waals surface area contributed by atoms with E-state index >= 15 is 0 Å². The molecule has 0 unspecified atom stereocenters. The lowest BCUT2D eigenvalue weighted by molar-refractivity contribution is -0.122. The highest BCUT2D eigenvalue weighted by Crippen LogP contribution is 2.34. The summed E-state index contributed by atoms with van der Waals surface area (Å²) < 4.78 is 0. The van der Waals surface area contributed by atoms with Crippen LogP contribution in [0.3, 0.4) is 0 Å². The number of likely N-dealkylation sites (N-methyl/N-ethyl adjacent to an activating group) is 1. The van der Waals surface area contributed by atoms with Crippen molar-refractivity contribution >= 4 is 46.2 Å². The summed E-state index contributed by atoms with van der Waals surface area (Å²) in [6, 6.07) is 15.3. The van der Waals surface area contributed by atoms with Gasteiger partial charge in [-0.2, -0.15) is 0 Å². The minimum absolute atomic E-state index is 0.00946. The van der Waals surface area contributed by atoms with E-state index < -0.39 is 0 Å². The predicted octanol–water partition coefficient (Wildman–Crippen LogP) is 5.27. The van der Waals surface area contributed by atoms with Gasteiger partial charge in [0.25, 0.3) is 5.91 Å². The molecular weight excluding hydrogens is 340 g/mol. The maximum Gasteiger partial charge on any atom is 0.266 e. The summed E-state index contributed by atoms with van der Waals surface area (Å²) in [7, 11) is 0. The number of carbonyl (C=O) groups is 1. The molecule has 0 N–H and O–H groups in total. The molecule has 3 nitrogen and oxygen atoms in total. The Morgan fingerprint density at radius 1 is 1.17 bits per heavy atom. The number of aryl methyl sites for hydroxylation is 1. The third-order valence-electron chi connectivity index (χ3n) is 3.70. The van der Waals surface area contributed by atoms with E-state index in [2.05, 4.69) is 4.99 Å². The largest absolute Gasteiger partial charge is 0.287 e. The molecule has 1 heterocycles. The van der Waals surface area contributed by atoms with E-state index in [9.17, 15) is 4.79 Å². The van der Waals surface area contributed by atoms with Gasteiger partial charge in [0.1, 0.15) is 0 Å². The van der Waals surface area contributed by atoms with Gasteiger partial charge < -0.3 is 0 Å². The van der Waals surface area contributed by atoms with Crippen molar-refractivity contribution in [2.75, 3.05) is 6.54 Å². The van der Waals surface area contributed by atoms with Crippen LogP contribution in [0.2, 0.25) is 5.02 Å². The second-order valence-electron chi connectivity index (χ2n) is 5.39. The molecule has 0 aromatic heterocycles. The van der Waals surface area contributed by atoms with Crippen molar-refractivity contribution in [1.82, 2.24) is 4.90 Å². The number of aliphatic imine (C=N–C) groups is 1. The zero-order valence-electron chi connectivity index (χ0n) is 13.5. The van der Waals surface area contributed by atoms with E-state index in [0.29, 0.717) is 16.5 Å². The molecule has 0 saturated carbocycles. The molecule has 1 fully saturated rings. The summed E-state index contributed by atoms with van der Waals surface area (Å²) in [4.78, 5) is 19.7. The van der Waals surface area contributed by atoms with Crippen molar-refractivity contribution in [3.8, 4) is 0 Å². The van der Waals surface area contributed by atoms with Crippen molar-refractivity contribution in [3.05, 3.63) is 69.6 Å².